The quantitative estimate of drug-likeness (QED) is 0.732. The molecule has 0 bridgehead atoms. The van der Waals surface area contributed by atoms with E-state index in [2.05, 4.69) is 17.4 Å². The number of hydrogen-bond acceptors (Lipinski definition) is 3. The van der Waals surface area contributed by atoms with E-state index in [0.717, 1.165) is 34.0 Å². The Morgan fingerprint density at radius 2 is 1.88 bits per heavy atom. The highest BCUT2D eigenvalue weighted by Gasteiger charge is 2.05. The SMILES string of the molecule is C=C(CC)NNC(=O)c1ccc(COc2ccc(Cl)c(C)c2)cc1. The third-order valence-corrected chi connectivity index (χ3v) is 3.95. The van der Waals surface area contributed by atoms with Crippen molar-refractivity contribution in [2.24, 2.45) is 0 Å². The number of allylic oxidation sites excluding steroid dienone is 1. The molecule has 126 valence electrons. The van der Waals surface area contributed by atoms with Gasteiger partial charge in [-0.3, -0.25) is 10.2 Å². The molecule has 0 fully saturated rings. The normalized spacial score (nSPS) is 10.1. The zero-order valence-corrected chi connectivity index (χ0v) is 14.6. The van der Waals surface area contributed by atoms with Crippen LogP contribution in [0.2, 0.25) is 5.02 Å². The van der Waals surface area contributed by atoms with Crippen molar-refractivity contribution in [2.75, 3.05) is 0 Å². The van der Waals surface area contributed by atoms with Gasteiger partial charge in [-0.1, -0.05) is 37.2 Å². The van der Waals surface area contributed by atoms with Crippen LogP contribution >= 0.6 is 11.6 Å². The molecule has 1 amide bonds. The van der Waals surface area contributed by atoms with Gasteiger partial charge in [-0.2, -0.15) is 0 Å². The van der Waals surface area contributed by atoms with Crippen molar-refractivity contribution in [1.82, 2.24) is 10.9 Å². The molecule has 5 heteroatoms. The molecule has 0 heterocycles. The molecular weight excluding hydrogens is 324 g/mol. The molecule has 2 rings (SSSR count). The van der Waals surface area contributed by atoms with Gasteiger partial charge in [0.2, 0.25) is 0 Å². The summed E-state index contributed by atoms with van der Waals surface area (Å²) in [6.07, 6.45) is 0.751. The lowest BCUT2D eigenvalue weighted by Crippen LogP contribution is -2.36. The van der Waals surface area contributed by atoms with Crippen LogP contribution in [0.25, 0.3) is 0 Å². The maximum atomic E-state index is 12.0. The minimum Gasteiger partial charge on any atom is -0.489 e. The van der Waals surface area contributed by atoms with Gasteiger partial charge in [-0.15, -0.1) is 0 Å². The Labute approximate surface area is 147 Å². The van der Waals surface area contributed by atoms with Crippen LogP contribution in [0.15, 0.2) is 54.7 Å². The number of amides is 1. The van der Waals surface area contributed by atoms with E-state index in [9.17, 15) is 4.79 Å². The number of nitrogens with one attached hydrogen (secondary N) is 2. The largest absolute Gasteiger partial charge is 0.489 e. The Balaban J connectivity index is 1.90. The number of ether oxygens (including phenoxy) is 1. The molecule has 0 saturated heterocycles. The molecule has 24 heavy (non-hydrogen) atoms. The average molecular weight is 345 g/mol. The molecule has 2 aromatic carbocycles. The van der Waals surface area contributed by atoms with Crippen molar-refractivity contribution in [3.05, 3.63) is 76.5 Å². The van der Waals surface area contributed by atoms with Gasteiger partial charge in [0.05, 0.1) is 0 Å². The van der Waals surface area contributed by atoms with Crippen LogP contribution in [0.4, 0.5) is 0 Å². The molecule has 0 unspecified atom stereocenters. The van der Waals surface area contributed by atoms with Crippen LogP contribution < -0.4 is 15.6 Å². The highest BCUT2D eigenvalue weighted by Crippen LogP contribution is 2.21. The molecule has 0 aromatic heterocycles. The predicted octanol–water partition coefficient (Wildman–Crippen LogP) is 4.39. The number of halogens is 1. The highest BCUT2D eigenvalue weighted by molar-refractivity contribution is 6.31. The fourth-order valence-electron chi connectivity index (χ4n) is 1.93. The van der Waals surface area contributed by atoms with Gasteiger partial charge in [0, 0.05) is 16.3 Å². The van der Waals surface area contributed by atoms with E-state index < -0.39 is 0 Å². The highest BCUT2D eigenvalue weighted by atomic mass is 35.5. The van der Waals surface area contributed by atoms with E-state index in [4.69, 9.17) is 16.3 Å². The van der Waals surface area contributed by atoms with Gasteiger partial charge < -0.3 is 10.2 Å². The third kappa shape index (κ3) is 5.03. The Hall–Kier alpha value is -2.46. The Morgan fingerprint density at radius 1 is 1.17 bits per heavy atom. The van der Waals surface area contributed by atoms with Gasteiger partial charge in [-0.25, -0.2) is 0 Å². The summed E-state index contributed by atoms with van der Waals surface area (Å²) >= 11 is 6.00. The minimum absolute atomic E-state index is 0.203. The lowest BCUT2D eigenvalue weighted by Gasteiger charge is -2.10. The molecule has 0 spiro atoms. The number of carbonyl (C=O) groups is 1. The second-order valence-corrected chi connectivity index (χ2v) is 5.84. The summed E-state index contributed by atoms with van der Waals surface area (Å²) in [5.74, 6) is 0.561. The third-order valence-electron chi connectivity index (χ3n) is 3.53. The molecule has 0 atom stereocenters. The van der Waals surface area contributed by atoms with Crippen LogP contribution in [0.5, 0.6) is 5.75 Å². The van der Waals surface area contributed by atoms with E-state index in [1.165, 1.54) is 0 Å². The maximum Gasteiger partial charge on any atom is 0.269 e. The molecule has 0 aliphatic rings. The van der Waals surface area contributed by atoms with Crippen LogP contribution in [0.1, 0.15) is 34.8 Å². The van der Waals surface area contributed by atoms with E-state index in [1.807, 2.05) is 44.2 Å². The molecule has 2 aromatic rings. The fourth-order valence-corrected chi connectivity index (χ4v) is 2.05. The summed E-state index contributed by atoms with van der Waals surface area (Å²) in [5, 5.41) is 0.720. The summed E-state index contributed by atoms with van der Waals surface area (Å²) in [4.78, 5) is 12.0. The molecule has 0 aliphatic carbocycles. The van der Waals surface area contributed by atoms with Gasteiger partial charge in [0.15, 0.2) is 0 Å². The number of rotatable bonds is 7. The van der Waals surface area contributed by atoms with Gasteiger partial charge in [0.1, 0.15) is 12.4 Å². The Morgan fingerprint density at radius 3 is 2.50 bits per heavy atom. The van der Waals surface area contributed by atoms with Crippen molar-refractivity contribution in [2.45, 2.75) is 26.9 Å². The first-order valence-electron chi connectivity index (χ1n) is 7.71. The summed E-state index contributed by atoms with van der Waals surface area (Å²) in [5.41, 5.74) is 8.65. The van der Waals surface area contributed by atoms with E-state index in [0.29, 0.717) is 12.2 Å². The van der Waals surface area contributed by atoms with Crippen molar-refractivity contribution in [1.29, 1.82) is 0 Å². The maximum absolute atomic E-state index is 12.0. The molecular formula is C19H21ClN2O2. The summed E-state index contributed by atoms with van der Waals surface area (Å²) < 4.78 is 5.74. The second kappa shape index (κ2) is 8.41. The van der Waals surface area contributed by atoms with Crippen molar-refractivity contribution < 1.29 is 9.53 Å². The van der Waals surface area contributed by atoms with Gasteiger partial charge in [0.25, 0.3) is 5.91 Å². The summed E-state index contributed by atoms with van der Waals surface area (Å²) in [6.45, 7) is 8.08. The zero-order valence-electron chi connectivity index (χ0n) is 13.9. The van der Waals surface area contributed by atoms with Crippen LogP contribution in [0, 0.1) is 6.92 Å². The number of carbonyl (C=O) groups excluding carboxylic acids is 1. The van der Waals surface area contributed by atoms with Gasteiger partial charge in [-0.05, 0) is 54.8 Å². The Bertz CT molecular complexity index is 727. The van der Waals surface area contributed by atoms with Crippen LogP contribution in [0.3, 0.4) is 0 Å². The number of hydrazine groups is 1. The molecule has 0 aliphatic heterocycles. The van der Waals surface area contributed by atoms with E-state index in [1.54, 1.807) is 12.1 Å². The molecule has 4 nitrogen and oxygen atoms in total. The first-order chi connectivity index (χ1) is 11.5. The fraction of sp³-hybridized carbons (Fsp3) is 0.211. The number of hydrogen-bond donors (Lipinski definition) is 2. The molecule has 2 N–H and O–H groups in total. The number of benzene rings is 2. The molecule has 0 saturated carbocycles. The van der Waals surface area contributed by atoms with Gasteiger partial charge >= 0.3 is 0 Å². The molecule has 0 radical (unpaired) electrons. The van der Waals surface area contributed by atoms with Crippen LogP contribution in [-0.2, 0) is 6.61 Å². The van der Waals surface area contributed by atoms with Crippen molar-refractivity contribution in [3.63, 3.8) is 0 Å². The average Bonchev–Trinajstić information content (AvgIpc) is 2.60. The summed E-state index contributed by atoms with van der Waals surface area (Å²) in [6, 6.07) is 12.8. The Kier molecular flexibility index (Phi) is 6.27. The number of aryl methyl sites for hydroxylation is 1. The lowest BCUT2D eigenvalue weighted by atomic mass is 10.1. The first-order valence-corrected chi connectivity index (χ1v) is 8.09. The topological polar surface area (TPSA) is 50.4 Å². The zero-order chi connectivity index (χ0) is 17.5. The van der Waals surface area contributed by atoms with E-state index in [-0.39, 0.29) is 5.91 Å². The first kappa shape index (κ1) is 17.9. The standard InChI is InChI=1S/C19H21ClN2O2/c1-4-14(3)21-22-19(23)16-7-5-15(6-8-16)12-24-17-9-10-18(20)13(2)11-17/h5-11,21H,3-4,12H2,1-2H3,(H,22,23). The van der Waals surface area contributed by atoms with E-state index >= 15 is 0 Å². The van der Waals surface area contributed by atoms with Crippen molar-refractivity contribution >= 4 is 17.5 Å². The van der Waals surface area contributed by atoms with Crippen molar-refractivity contribution in [3.8, 4) is 5.75 Å². The lowest BCUT2D eigenvalue weighted by molar-refractivity contribution is 0.0938. The monoisotopic (exact) mass is 344 g/mol. The predicted molar refractivity (Wildman–Crippen MR) is 97.0 cm³/mol. The minimum atomic E-state index is -0.203. The summed E-state index contributed by atoms with van der Waals surface area (Å²) in [7, 11) is 0. The second-order valence-electron chi connectivity index (χ2n) is 5.43. The van der Waals surface area contributed by atoms with Crippen LogP contribution in [-0.4, -0.2) is 5.91 Å². The smallest absolute Gasteiger partial charge is 0.269 e.